The van der Waals surface area contributed by atoms with Crippen LogP contribution < -0.4 is 16.0 Å². The molecule has 0 unspecified atom stereocenters. The van der Waals surface area contributed by atoms with Crippen LogP contribution in [0.3, 0.4) is 0 Å². The lowest BCUT2D eigenvalue weighted by atomic mass is 10.0. The Kier molecular flexibility index (Phi) is 7.46. The second kappa shape index (κ2) is 10.3. The van der Waals surface area contributed by atoms with Gasteiger partial charge in [-0.05, 0) is 69.0 Å². The van der Waals surface area contributed by atoms with E-state index in [-0.39, 0.29) is 24.0 Å². The van der Waals surface area contributed by atoms with Gasteiger partial charge in [-0.25, -0.2) is 4.79 Å². The molecule has 3 rings (SSSR count). The van der Waals surface area contributed by atoms with Crippen molar-refractivity contribution in [3.63, 3.8) is 0 Å². The van der Waals surface area contributed by atoms with Crippen molar-refractivity contribution in [2.75, 3.05) is 18.4 Å². The van der Waals surface area contributed by atoms with Gasteiger partial charge in [0, 0.05) is 43.0 Å². The first-order chi connectivity index (χ1) is 14.4. The Morgan fingerprint density at radius 3 is 2.33 bits per heavy atom. The number of nitrogens with one attached hydrogen (secondary N) is 3. The molecule has 0 spiro atoms. The maximum atomic E-state index is 12.6. The molecule has 1 saturated heterocycles. The van der Waals surface area contributed by atoms with Crippen LogP contribution in [0.4, 0.5) is 10.5 Å². The van der Waals surface area contributed by atoms with Crippen molar-refractivity contribution in [3.8, 4) is 0 Å². The SMILES string of the molecule is Cc1ccccc1CN1CCC(NC(=O)c2ccc(NC(=O)NC(C)C)cc2)CC1. The molecular weight excluding hydrogens is 376 g/mol. The molecule has 3 N–H and O–H groups in total. The second-order valence-electron chi connectivity index (χ2n) is 8.28. The van der Waals surface area contributed by atoms with E-state index in [2.05, 4.69) is 52.0 Å². The molecule has 1 aliphatic rings. The first-order valence-corrected chi connectivity index (χ1v) is 10.7. The number of piperidine rings is 1. The van der Waals surface area contributed by atoms with Crippen molar-refractivity contribution in [1.29, 1.82) is 0 Å². The van der Waals surface area contributed by atoms with Gasteiger partial charge in [0.2, 0.25) is 0 Å². The molecule has 6 nitrogen and oxygen atoms in total. The Morgan fingerprint density at radius 2 is 1.70 bits per heavy atom. The number of benzene rings is 2. The minimum atomic E-state index is -0.250. The summed E-state index contributed by atoms with van der Waals surface area (Å²) in [6, 6.07) is 15.5. The Bertz CT molecular complexity index is 856. The van der Waals surface area contributed by atoms with Crippen LogP contribution in [0.1, 0.15) is 48.2 Å². The number of nitrogens with zero attached hydrogens (tertiary/aromatic N) is 1. The molecular formula is C24H32N4O2. The maximum Gasteiger partial charge on any atom is 0.319 e. The van der Waals surface area contributed by atoms with E-state index in [0.29, 0.717) is 11.3 Å². The summed E-state index contributed by atoms with van der Waals surface area (Å²) in [7, 11) is 0. The molecule has 1 fully saturated rings. The van der Waals surface area contributed by atoms with Gasteiger partial charge < -0.3 is 16.0 Å². The summed E-state index contributed by atoms with van der Waals surface area (Å²) in [5.74, 6) is -0.0643. The molecule has 6 heteroatoms. The molecule has 0 aromatic heterocycles. The predicted molar refractivity (Wildman–Crippen MR) is 121 cm³/mol. The Balaban J connectivity index is 1.45. The van der Waals surface area contributed by atoms with E-state index < -0.39 is 0 Å². The standard InChI is InChI=1S/C24H32N4O2/c1-17(2)25-24(30)27-21-10-8-19(9-11-21)23(29)26-22-12-14-28(15-13-22)16-20-7-5-4-6-18(20)3/h4-11,17,22H,12-16H2,1-3H3,(H,26,29)(H2,25,27,30). The van der Waals surface area contributed by atoms with Crippen molar-refractivity contribution < 1.29 is 9.59 Å². The molecule has 0 bridgehead atoms. The largest absolute Gasteiger partial charge is 0.349 e. The smallest absolute Gasteiger partial charge is 0.319 e. The van der Waals surface area contributed by atoms with E-state index in [1.54, 1.807) is 24.3 Å². The fraction of sp³-hybridized carbons (Fsp3) is 0.417. The molecule has 1 aliphatic heterocycles. The van der Waals surface area contributed by atoms with Crippen molar-refractivity contribution in [2.24, 2.45) is 0 Å². The van der Waals surface area contributed by atoms with Crippen molar-refractivity contribution in [3.05, 3.63) is 65.2 Å². The number of carbonyl (C=O) groups excluding carboxylic acids is 2. The Hall–Kier alpha value is -2.86. The van der Waals surface area contributed by atoms with Crippen LogP contribution in [0.25, 0.3) is 0 Å². The van der Waals surface area contributed by atoms with Crippen molar-refractivity contribution >= 4 is 17.6 Å². The highest BCUT2D eigenvalue weighted by Crippen LogP contribution is 2.17. The normalized spacial score (nSPS) is 15.1. The number of urea groups is 1. The summed E-state index contributed by atoms with van der Waals surface area (Å²) in [4.78, 5) is 26.8. The van der Waals surface area contributed by atoms with Gasteiger partial charge in [-0.15, -0.1) is 0 Å². The summed E-state index contributed by atoms with van der Waals surface area (Å²) >= 11 is 0. The Morgan fingerprint density at radius 1 is 1.03 bits per heavy atom. The lowest BCUT2D eigenvalue weighted by Gasteiger charge is -2.32. The van der Waals surface area contributed by atoms with Gasteiger partial charge in [0.25, 0.3) is 5.91 Å². The van der Waals surface area contributed by atoms with E-state index >= 15 is 0 Å². The lowest BCUT2D eigenvalue weighted by Crippen LogP contribution is -2.44. The zero-order valence-electron chi connectivity index (χ0n) is 18.1. The molecule has 1 heterocycles. The number of rotatable bonds is 6. The number of likely N-dealkylation sites (tertiary alicyclic amines) is 1. The minimum Gasteiger partial charge on any atom is -0.349 e. The number of aryl methyl sites for hydroxylation is 1. The molecule has 30 heavy (non-hydrogen) atoms. The van der Waals surface area contributed by atoms with Gasteiger partial charge in [-0.2, -0.15) is 0 Å². The number of anilines is 1. The first-order valence-electron chi connectivity index (χ1n) is 10.7. The highest BCUT2D eigenvalue weighted by molar-refractivity contribution is 5.95. The molecule has 0 radical (unpaired) electrons. The molecule has 0 atom stereocenters. The minimum absolute atomic E-state index is 0.0643. The summed E-state index contributed by atoms with van der Waals surface area (Å²) < 4.78 is 0. The maximum absolute atomic E-state index is 12.6. The quantitative estimate of drug-likeness (QED) is 0.678. The van der Waals surface area contributed by atoms with Gasteiger partial charge in [0.1, 0.15) is 0 Å². The monoisotopic (exact) mass is 408 g/mol. The topological polar surface area (TPSA) is 73.5 Å². The molecule has 2 aromatic rings. The molecule has 0 saturated carbocycles. The number of amides is 3. The highest BCUT2D eigenvalue weighted by atomic mass is 16.2. The van der Waals surface area contributed by atoms with Crippen molar-refractivity contribution in [1.82, 2.24) is 15.5 Å². The Labute approximate surface area is 179 Å². The summed E-state index contributed by atoms with van der Waals surface area (Å²) in [5.41, 5.74) is 3.96. The van der Waals surface area contributed by atoms with E-state index in [1.165, 1.54) is 11.1 Å². The van der Waals surface area contributed by atoms with Crippen LogP contribution >= 0.6 is 0 Å². The third-order valence-electron chi connectivity index (χ3n) is 5.40. The average molecular weight is 409 g/mol. The fourth-order valence-electron chi connectivity index (χ4n) is 3.67. The van der Waals surface area contributed by atoms with Crippen LogP contribution in [0.5, 0.6) is 0 Å². The third-order valence-corrected chi connectivity index (χ3v) is 5.40. The van der Waals surface area contributed by atoms with Gasteiger partial charge in [0.05, 0.1) is 0 Å². The van der Waals surface area contributed by atoms with Crippen LogP contribution in [0.2, 0.25) is 0 Å². The zero-order valence-corrected chi connectivity index (χ0v) is 18.1. The molecule has 3 amide bonds. The lowest BCUT2D eigenvalue weighted by molar-refractivity contribution is 0.0909. The molecule has 160 valence electrons. The third kappa shape index (κ3) is 6.32. The first kappa shape index (κ1) is 21.8. The van der Waals surface area contributed by atoms with Crippen molar-refractivity contribution in [2.45, 2.75) is 52.2 Å². The number of hydrogen-bond acceptors (Lipinski definition) is 3. The van der Waals surface area contributed by atoms with E-state index in [4.69, 9.17) is 0 Å². The van der Waals surface area contributed by atoms with Crippen LogP contribution in [-0.4, -0.2) is 42.0 Å². The van der Waals surface area contributed by atoms with Crippen LogP contribution in [0, 0.1) is 6.92 Å². The number of carbonyl (C=O) groups is 2. The van der Waals surface area contributed by atoms with Gasteiger partial charge in [-0.3, -0.25) is 9.69 Å². The van der Waals surface area contributed by atoms with E-state index in [0.717, 1.165) is 32.5 Å². The average Bonchev–Trinajstić information content (AvgIpc) is 2.71. The molecule has 0 aliphatic carbocycles. The zero-order chi connectivity index (χ0) is 21.5. The van der Waals surface area contributed by atoms with E-state index in [9.17, 15) is 9.59 Å². The summed E-state index contributed by atoms with van der Waals surface area (Å²) in [6.45, 7) is 8.88. The van der Waals surface area contributed by atoms with Crippen LogP contribution in [-0.2, 0) is 6.54 Å². The summed E-state index contributed by atoms with van der Waals surface area (Å²) in [6.07, 6.45) is 1.90. The molecule has 2 aromatic carbocycles. The van der Waals surface area contributed by atoms with E-state index in [1.807, 2.05) is 13.8 Å². The second-order valence-corrected chi connectivity index (χ2v) is 8.28. The van der Waals surface area contributed by atoms with Gasteiger partial charge in [0.15, 0.2) is 0 Å². The predicted octanol–water partition coefficient (Wildman–Crippen LogP) is 3.92. The fourth-order valence-corrected chi connectivity index (χ4v) is 3.67. The van der Waals surface area contributed by atoms with Crippen LogP contribution in [0.15, 0.2) is 48.5 Å². The number of hydrogen-bond donors (Lipinski definition) is 3. The van der Waals surface area contributed by atoms with Gasteiger partial charge >= 0.3 is 6.03 Å². The summed E-state index contributed by atoms with van der Waals surface area (Å²) in [5, 5.41) is 8.69. The van der Waals surface area contributed by atoms with Gasteiger partial charge in [-0.1, -0.05) is 24.3 Å². The highest BCUT2D eigenvalue weighted by Gasteiger charge is 2.21.